The van der Waals surface area contributed by atoms with E-state index in [1.54, 1.807) is 0 Å². The number of likely N-dealkylation sites (tertiary alicyclic amines) is 1. The minimum atomic E-state index is 0.00675. The molecule has 0 saturated carbocycles. The molecule has 0 aliphatic carbocycles. The number of hydrogen-bond acceptors (Lipinski definition) is 4. The van der Waals surface area contributed by atoms with E-state index in [9.17, 15) is 0 Å². The van der Waals surface area contributed by atoms with Crippen LogP contribution in [-0.4, -0.2) is 41.8 Å². The van der Waals surface area contributed by atoms with E-state index in [2.05, 4.69) is 41.1 Å². The molecule has 0 radical (unpaired) electrons. The summed E-state index contributed by atoms with van der Waals surface area (Å²) in [7, 11) is 0. The van der Waals surface area contributed by atoms with E-state index >= 15 is 0 Å². The van der Waals surface area contributed by atoms with Gasteiger partial charge in [0, 0.05) is 38.4 Å². The van der Waals surface area contributed by atoms with Gasteiger partial charge in [0.1, 0.15) is 0 Å². The van der Waals surface area contributed by atoms with E-state index < -0.39 is 0 Å². The maximum Gasteiger partial charge on any atom is 0.0985 e. The summed E-state index contributed by atoms with van der Waals surface area (Å²) in [5.74, 6) is 0.490. The van der Waals surface area contributed by atoms with Crippen LogP contribution in [0, 0.1) is 12.8 Å². The molecule has 132 valence electrons. The van der Waals surface area contributed by atoms with Crippen molar-refractivity contribution >= 4 is 0 Å². The van der Waals surface area contributed by atoms with Gasteiger partial charge < -0.3 is 9.47 Å². The SMILES string of the molecule is Cc1ccccc1CN1CC2(C1)OCC[C@H]2COCc1ccccn1. The third kappa shape index (κ3) is 3.61. The van der Waals surface area contributed by atoms with Crippen molar-refractivity contribution in [3.05, 3.63) is 65.5 Å². The Labute approximate surface area is 149 Å². The molecule has 4 nitrogen and oxygen atoms in total. The molecule has 2 aliphatic rings. The van der Waals surface area contributed by atoms with Gasteiger partial charge in [0.05, 0.1) is 24.5 Å². The lowest BCUT2D eigenvalue weighted by molar-refractivity contribution is -0.146. The van der Waals surface area contributed by atoms with Gasteiger partial charge >= 0.3 is 0 Å². The molecule has 2 aliphatic heterocycles. The van der Waals surface area contributed by atoms with Crippen molar-refractivity contribution in [1.82, 2.24) is 9.88 Å². The molecule has 0 bridgehead atoms. The molecule has 3 heterocycles. The van der Waals surface area contributed by atoms with Gasteiger partial charge in [0.2, 0.25) is 0 Å². The Morgan fingerprint density at radius 1 is 1.20 bits per heavy atom. The van der Waals surface area contributed by atoms with Gasteiger partial charge in [-0.1, -0.05) is 30.3 Å². The van der Waals surface area contributed by atoms with Crippen molar-refractivity contribution in [3.63, 3.8) is 0 Å². The van der Waals surface area contributed by atoms with Crippen molar-refractivity contribution in [2.45, 2.75) is 32.1 Å². The minimum Gasteiger partial charge on any atom is -0.375 e. The standard InChI is InChI=1S/C21H26N2O2/c1-17-6-2-3-7-18(17)12-23-15-21(16-23)19(9-11-25-21)13-24-14-20-8-4-5-10-22-20/h2-8,10,19H,9,11-16H2,1H3/t19-/m0/s1. The maximum atomic E-state index is 6.15. The lowest BCUT2D eigenvalue weighted by Crippen LogP contribution is -2.64. The summed E-state index contributed by atoms with van der Waals surface area (Å²) in [4.78, 5) is 6.80. The molecule has 0 amide bonds. The maximum absolute atomic E-state index is 6.15. The highest BCUT2D eigenvalue weighted by Gasteiger charge is 2.52. The molecule has 4 heteroatoms. The van der Waals surface area contributed by atoms with Gasteiger partial charge in [-0.05, 0) is 36.6 Å². The van der Waals surface area contributed by atoms with Crippen LogP contribution >= 0.6 is 0 Å². The molecule has 4 rings (SSSR count). The van der Waals surface area contributed by atoms with Crippen LogP contribution in [0.5, 0.6) is 0 Å². The number of aromatic nitrogens is 1. The first-order valence-electron chi connectivity index (χ1n) is 9.14. The predicted molar refractivity (Wildman–Crippen MR) is 97.1 cm³/mol. The summed E-state index contributed by atoms with van der Waals surface area (Å²) >= 11 is 0. The van der Waals surface area contributed by atoms with Crippen molar-refractivity contribution in [3.8, 4) is 0 Å². The zero-order valence-corrected chi connectivity index (χ0v) is 14.9. The largest absolute Gasteiger partial charge is 0.375 e. The fraction of sp³-hybridized carbons (Fsp3) is 0.476. The highest BCUT2D eigenvalue weighted by atomic mass is 16.5. The summed E-state index contributed by atoms with van der Waals surface area (Å²) < 4.78 is 12.1. The van der Waals surface area contributed by atoms with Crippen LogP contribution in [0.1, 0.15) is 23.2 Å². The molecule has 0 unspecified atom stereocenters. The van der Waals surface area contributed by atoms with Gasteiger partial charge in [-0.3, -0.25) is 9.88 Å². The predicted octanol–water partition coefficient (Wildman–Crippen LogP) is 3.20. The third-order valence-electron chi connectivity index (χ3n) is 5.53. The highest BCUT2D eigenvalue weighted by Crippen LogP contribution is 2.40. The Kier molecular flexibility index (Phi) is 4.84. The van der Waals surface area contributed by atoms with Gasteiger partial charge in [0.15, 0.2) is 0 Å². The van der Waals surface area contributed by atoms with E-state index in [1.807, 2.05) is 24.4 Å². The number of ether oxygens (including phenoxy) is 2. The van der Waals surface area contributed by atoms with Gasteiger partial charge in [-0.25, -0.2) is 0 Å². The molecule has 2 fully saturated rings. The first-order chi connectivity index (χ1) is 12.3. The average Bonchev–Trinajstić information content (AvgIpc) is 3.01. The van der Waals surface area contributed by atoms with E-state index in [4.69, 9.17) is 9.47 Å². The fourth-order valence-corrected chi connectivity index (χ4v) is 4.01. The van der Waals surface area contributed by atoms with E-state index in [1.165, 1.54) is 11.1 Å². The lowest BCUT2D eigenvalue weighted by Gasteiger charge is -2.50. The lowest BCUT2D eigenvalue weighted by atomic mass is 9.81. The van der Waals surface area contributed by atoms with Crippen LogP contribution in [0.2, 0.25) is 0 Å². The highest BCUT2D eigenvalue weighted by molar-refractivity contribution is 5.26. The normalized spacial score (nSPS) is 22.2. The van der Waals surface area contributed by atoms with Crippen molar-refractivity contribution in [1.29, 1.82) is 0 Å². The summed E-state index contributed by atoms with van der Waals surface area (Å²) in [6.07, 6.45) is 2.91. The van der Waals surface area contributed by atoms with Crippen LogP contribution in [0.4, 0.5) is 0 Å². The topological polar surface area (TPSA) is 34.6 Å². The second kappa shape index (κ2) is 7.24. The molecule has 1 atom stereocenters. The molecule has 2 aromatic rings. The van der Waals surface area contributed by atoms with Crippen LogP contribution in [0.3, 0.4) is 0 Å². The Bertz CT molecular complexity index is 698. The summed E-state index contributed by atoms with van der Waals surface area (Å²) in [5, 5.41) is 0. The molecular formula is C21H26N2O2. The first-order valence-corrected chi connectivity index (χ1v) is 9.14. The smallest absolute Gasteiger partial charge is 0.0985 e. The summed E-state index contributed by atoms with van der Waals surface area (Å²) in [6.45, 7) is 7.42. The van der Waals surface area contributed by atoms with Gasteiger partial charge in [-0.15, -0.1) is 0 Å². The molecule has 25 heavy (non-hydrogen) atoms. The zero-order valence-electron chi connectivity index (χ0n) is 14.9. The molecular weight excluding hydrogens is 312 g/mol. The quantitative estimate of drug-likeness (QED) is 0.810. The number of pyridine rings is 1. The third-order valence-corrected chi connectivity index (χ3v) is 5.53. The Morgan fingerprint density at radius 3 is 2.84 bits per heavy atom. The van der Waals surface area contributed by atoms with Crippen LogP contribution in [0.15, 0.2) is 48.7 Å². The summed E-state index contributed by atoms with van der Waals surface area (Å²) in [5.41, 5.74) is 3.78. The number of rotatable bonds is 6. The second-order valence-electron chi connectivity index (χ2n) is 7.31. The molecule has 1 spiro atoms. The monoisotopic (exact) mass is 338 g/mol. The van der Waals surface area contributed by atoms with Gasteiger partial charge in [-0.2, -0.15) is 0 Å². The zero-order chi connectivity index (χ0) is 17.1. The van der Waals surface area contributed by atoms with Crippen LogP contribution < -0.4 is 0 Å². The van der Waals surface area contributed by atoms with Crippen LogP contribution in [0.25, 0.3) is 0 Å². The van der Waals surface area contributed by atoms with E-state index in [-0.39, 0.29) is 5.60 Å². The average molecular weight is 338 g/mol. The molecule has 1 aromatic carbocycles. The molecule has 2 saturated heterocycles. The summed E-state index contributed by atoms with van der Waals surface area (Å²) in [6, 6.07) is 14.6. The second-order valence-corrected chi connectivity index (χ2v) is 7.31. The fourth-order valence-electron chi connectivity index (χ4n) is 4.01. The van der Waals surface area contributed by atoms with E-state index in [0.717, 1.165) is 45.0 Å². The number of benzene rings is 1. The Hall–Kier alpha value is -1.75. The van der Waals surface area contributed by atoms with Crippen molar-refractivity contribution in [2.75, 3.05) is 26.3 Å². The Morgan fingerprint density at radius 2 is 2.04 bits per heavy atom. The van der Waals surface area contributed by atoms with Crippen molar-refractivity contribution < 1.29 is 9.47 Å². The molecule has 0 N–H and O–H groups in total. The van der Waals surface area contributed by atoms with Crippen LogP contribution in [-0.2, 0) is 22.6 Å². The van der Waals surface area contributed by atoms with Gasteiger partial charge in [0.25, 0.3) is 0 Å². The Balaban J connectivity index is 1.28. The number of hydrogen-bond donors (Lipinski definition) is 0. The van der Waals surface area contributed by atoms with Crippen molar-refractivity contribution in [2.24, 2.45) is 5.92 Å². The first kappa shape index (κ1) is 16.7. The minimum absolute atomic E-state index is 0.00675. The van der Waals surface area contributed by atoms with E-state index in [0.29, 0.717) is 12.5 Å². The number of nitrogens with zero attached hydrogens (tertiary/aromatic N) is 2. The molecule has 1 aromatic heterocycles. The number of aryl methyl sites for hydroxylation is 1.